The number of hydrogen-bond donors (Lipinski definition) is 0. The first-order valence-corrected chi connectivity index (χ1v) is 8.28. The van der Waals surface area contributed by atoms with Gasteiger partial charge in [0.15, 0.2) is 3.95 Å². The summed E-state index contributed by atoms with van der Waals surface area (Å²) in [6.45, 7) is 0. The van der Waals surface area contributed by atoms with Crippen molar-refractivity contribution in [1.29, 1.82) is 0 Å². The number of hydrogen-bond acceptors (Lipinski definition) is 4. The first-order valence-electron chi connectivity index (χ1n) is 5.72. The van der Waals surface area contributed by atoms with E-state index in [1.165, 1.54) is 0 Å². The second kappa shape index (κ2) is 5.61. The summed E-state index contributed by atoms with van der Waals surface area (Å²) in [5, 5.41) is 0. The highest BCUT2D eigenvalue weighted by molar-refractivity contribution is 7.79. The maximum atomic E-state index is 5.40. The van der Waals surface area contributed by atoms with Gasteiger partial charge < -0.3 is 0 Å². The second-order valence-corrected chi connectivity index (χ2v) is 6.56. The van der Waals surface area contributed by atoms with Crippen molar-refractivity contribution in [2.75, 3.05) is 0 Å². The summed E-state index contributed by atoms with van der Waals surface area (Å²) in [7, 11) is 3.17. The van der Waals surface area contributed by atoms with E-state index < -0.39 is 0 Å². The van der Waals surface area contributed by atoms with Gasteiger partial charge in [0, 0.05) is 0 Å². The van der Waals surface area contributed by atoms with E-state index in [0.29, 0.717) is 0 Å². The maximum Gasteiger partial charge on any atom is 0.206 e. The molecule has 3 rings (SSSR count). The van der Waals surface area contributed by atoms with Crippen molar-refractivity contribution in [3.8, 4) is 5.69 Å². The van der Waals surface area contributed by atoms with Crippen molar-refractivity contribution in [2.45, 2.75) is 0 Å². The Labute approximate surface area is 123 Å². The molecule has 2 aromatic carbocycles. The molecule has 0 amide bonds. The van der Waals surface area contributed by atoms with Crippen LogP contribution in [0.2, 0.25) is 0 Å². The molecule has 0 saturated heterocycles. The van der Waals surface area contributed by atoms with Crippen molar-refractivity contribution in [3.05, 3.63) is 69.4 Å². The zero-order chi connectivity index (χ0) is 13.1. The van der Waals surface area contributed by atoms with Gasteiger partial charge >= 0.3 is 0 Å². The molecular formula is C14H10N2S3. The molecule has 19 heavy (non-hydrogen) atoms. The monoisotopic (exact) mass is 302 g/mol. The first kappa shape index (κ1) is 12.5. The summed E-state index contributed by atoms with van der Waals surface area (Å²) in [5.41, 5.74) is 2.00. The summed E-state index contributed by atoms with van der Waals surface area (Å²) < 4.78 is 2.84. The number of nitrogens with zero attached hydrogens (tertiary/aromatic N) is 2. The minimum absolute atomic E-state index is 0.825. The first-order chi connectivity index (χ1) is 9.34. The molecule has 0 fully saturated rings. The van der Waals surface area contributed by atoms with Gasteiger partial charge in [0.25, 0.3) is 0 Å². The molecule has 0 N–H and O–H groups in total. The molecule has 0 bridgehead atoms. The lowest BCUT2D eigenvalue weighted by molar-refractivity contribution is 0.999. The molecule has 2 nitrogen and oxygen atoms in total. The van der Waals surface area contributed by atoms with E-state index >= 15 is 0 Å². The lowest BCUT2D eigenvalue weighted by Crippen LogP contribution is -2.12. The second-order valence-electron chi connectivity index (χ2n) is 3.83. The SMILES string of the molecule is S=c1ssc(=Nc2ccccc2)n1-c1ccccc1. The molecule has 0 aliphatic rings. The van der Waals surface area contributed by atoms with E-state index in [9.17, 15) is 0 Å². The predicted octanol–water partition coefficient (Wildman–Crippen LogP) is 4.56. The third-order valence-electron chi connectivity index (χ3n) is 2.56. The Morgan fingerprint density at radius 1 is 0.842 bits per heavy atom. The van der Waals surface area contributed by atoms with Crippen molar-refractivity contribution < 1.29 is 0 Å². The minimum atomic E-state index is 0.825. The third kappa shape index (κ3) is 2.73. The molecule has 1 heterocycles. The molecule has 0 spiro atoms. The van der Waals surface area contributed by atoms with E-state index in [1.54, 1.807) is 20.7 Å². The van der Waals surface area contributed by atoms with Crippen LogP contribution in [-0.4, -0.2) is 4.57 Å². The molecule has 5 heteroatoms. The van der Waals surface area contributed by atoms with Gasteiger partial charge in [-0.25, -0.2) is 4.99 Å². The van der Waals surface area contributed by atoms with Crippen LogP contribution in [0, 0.1) is 3.95 Å². The van der Waals surface area contributed by atoms with Crippen LogP contribution in [0.25, 0.3) is 5.69 Å². The number of aromatic nitrogens is 1. The summed E-state index contributed by atoms with van der Waals surface area (Å²) in [5.74, 6) is 0. The van der Waals surface area contributed by atoms with Crippen molar-refractivity contribution in [1.82, 2.24) is 4.57 Å². The number of para-hydroxylation sites is 2. The van der Waals surface area contributed by atoms with Crippen LogP contribution in [0.3, 0.4) is 0 Å². The fourth-order valence-corrected chi connectivity index (χ4v) is 4.14. The van der Waals surface area contributed by atoms with Gasteiger partial charge in [-0.15, -0.1) is 0 Å². The molecular weight excluding hydrogens is 292 g/mol. The van der Waals surface area contributed by atoms with E-state index in [4.69, 9.17) is 12.2 Å². The minimum Gasteiger partial charge on any atom is -0.267 e. The molecule has 0 saturated carbocycles. The molecule has 1 aromatic heterocycles. The third-order valence-corrected chi connectivity index (χ3v) is 5.31. The Kier molecular flexibility index (Phi) is 3.68. The standard InChI is InChI=1S/C14H10N2S3/c17-14-16(12-9-5-2-6-10-12)13(18-19-14)15-11-7-3-1-4-8-11/h1-10H. The molecule has 0 aliphatic carbocycles. The van der Waals surface area contributed by atoms with Gasteiger partial charge in [-0.05, 0) is 57.2 Å². The largest absolute Gasteiger partial charge is 0.267 e. The van der Waals surface area contributed by atoms with Gasteiger partial charge in [-0.3, -0.25) is 4.57 Å². The summed E-state index contributed by atoms with van der Waals surface area (Å²) in [6.07, 6.45) is 0. The number of benzene rings is 2. The number of rotatable bonds is 2. The van der Waals surface area contributed by atoms with E-state index in [-0.39, 0.29) is 0 Å². The van der Waals surface area contributed by atoms with E-state index in [0.717, 1.165) is 20.1 Å². The van der Waals surface area contributed by atoms with Crippen LogP contribution >= 0.6 is 32.9 Å². The Bertz CT molecular complexity index is 783. The van der Waals surface area contributed by atoms with Crippen LogP contribution in [0.5, 0.6) is 0 Å². The summed E-state index contributed by atoms with van der Waals surface area (Å²) in [4.78, 5) is 5.57. The Hall–Kier alpha value is -1.56. The molecule has 94 valence electrons. The van der Waals surface area contributed by atoms with Crippen LogP contribution < -0.4 is 4.80 Å². The average Bonchev–Trinajstić information content (AvgIpc) is 2.82. The zero-order valence-corrected chi connectivity index (χ0v) is 12.3. The Balaban J connectivity index is 2.20. The highest BCUT2D eigenvalue weighted by Gasteiger charge is 2.02. The maximum absolute atomic E-state index is 5.40. The van der Waals surface area contributed by atoms with Gasteiger partial charge in [0.1, 0.15) is 0 Å². The fraction of sp³-hybridized carbons (Fsp3) is 0. The van der Waals surface area contributed by atoms with Gasteiger partial charge in [-0.1, -0.05) is 36.4 Å². The van der Waals surface area contributed by atoms with Crippen LogP contribution in [0.1, 0.15) is 0 Å². The lowest BCUT2D eigenvalue weighted by Gasteiger charge is -2.01. The van der Waals surface area contributed by atoms with Gasteiger partial charge in [0.2, 0.25) is 4.80 Å². The quantitative estimate of drug-likeness (QED) is 0.501. The van der Waals surface area contributed by atoms with E-state index in [1.807, 2.05) is 65.2 Å². The Morgan fingerprint density at radius 2 is 1.47 bits per heavy atom. The van der Waals surface area contributed by atoms with Crippen LogP contribution in [-0.2, 0) is 0 Å². The molecule has 3 aromatic rings. The summed E-state index contributed by atoms with van der Waals surface area (Å²) >= 11 is 5.40. The van der Waals surface area contributed by atoms with Gasteiger partial charge in [0.05, 0.1) is 11.4 Å². The summed E-state index contributed by atoms with van der Waals surface area (Å²) in [6, 6.07) is 20.0. The molecule has 0 unspecified atom stereocenters. The highest BCUT2D eigenvalue weighted by atomic mass is 32.9. The molecule has 0 aliphatic heterocycles. The lowest BCUT2D eigenvalue weighted by atomic mass is 10.3. The van der Waals surface area contributed by atoms with Crippen LogP contribution in [0.15, 0.2) is 65.7 Å². The normalized spacial score (nSPS) is 11.7. The Morgan fingerprint density at radius 3 is 2.16 bits per heavy atom. The van der Waals surface area contributed by atoms with Crippen LogP contribution in [0.4, 0.5) is 5.69 Å². The molecule has 0 atom stereocenters. The van der Waals surface area contributed by atoms with Crippen molar-refractivity contribution in [3.63, 3.8) is 0 Å². The predicted molar refractivity (Wildman–Crippen MR) is 84.0 cm³/mol. The fourth-order valence-electron chi connectivity index (χ4n) is 1.70. The smallest absolute Gasteiger partial charge is 0.206 e. The molecule has 0 radical (unpaired) electrons. The highest BCUT2D eigenvalue weighted by Crippen LogP contribution is 2.15. The van der Waals surface area contributed by atoms with Gasteiger partial charge in [-0.2, -0.15) is 0 Å². The zero-order valence-electron chi connectivity index (χ0n) is 9.89. The van der Waals surface area contributed by atoms with E-state index in [2.05, 4.69) is 4.99 Å². The van der Waals surface area contributed by atoms with Crippen molar-refractivity contribution >= 4 is 38.6 Å². The topological polar surface area (TPSA) is 17.3 Å². The van der Waals surface area contributed by atoms with Crippen molar-refractivity contribution in [2.24, 2.45) is 4.99 Å². The average molecular weight is 302 g/mol.